The highest BCUT2D eigenvalue weighted by Crippen LogP contribution is 2.27. The molecule has 0 aromatic heterocycles. The van der Waals surface area contributed by atoms with Gasteiger partial charge >= 0.3 is 0 Å². The summed E-state index contributed by atoms with van der Waals surface area (Å²) in [5.74, 6) is -1.57. The van der Waals surface area contributed by atoms with Gasteiger partial charge in [-0.25, -0.2) is 12.8 Å². The third-order valence-electron chi connectivity index (χ3n) is 6.33. The molecule has 0 aliphatic heterocycles. The van der Waals surface area contributed by atoms with Crippen LogP contribution in [0.5, 0.6) is 0 Å². The summed E-state index contributed by atoms with van der Waals surface area (Å²) >= 11 is 0. The van der Waals surface area contributed by atoms with Crippen LogP contribution in [0.1, 0.15) is 37.5 Å². The first-order valence-electron chi connectivity index (χ1n) is 12.9. The number of benzene rings is 3. The van der Waals surface area contributed by atoms with Crippen LogP contribution < -0.4 is 9.62 Å². The van der Waals surface area contributed by atoms with Gasteiger partial charge in [0.05, 0.1) is 10.6 Å². The number of nitrogens with zero attached hydrogens (tertiary/aromatic N) is 2. The molecular formula is C30H36FN3O4S. The molecule has 0 bridgehead atoms. The summed E-state index contributed by atoms with van der Waals surface area (Å²) in [6.07, 6.45) is 0. The second-order valence-electron chi connectivity index (χ2n) is 10.1. The van der Waals surface area contributed by atoms with Crippen molar-refractivity contribution in [1.82, 2.24) is 10.2 Å². The van der Waals surface area contributed by atoms with Gasteiger partial charge in [0.15, 0.2) is 0 Å². The van der Waals surface area contributed by atoms with Crippen molar-refractivity contribution in [2.75, 3.05) is 17.4 Å². The Hall–Kier alpha value is -3.72. The van der Waals surface area contributed by atoms with E-state index in [9.17, 15) is 22.4 Å². The Morgan fingerprint density at radius 2 is 1.44 bits per heavy atom. The number of halogens is 1. The van der Waals surface area contributed by atoms with E-state index in [2.05, 4.69) is 5.32 Å². The van der Waals surface area contributed by atoms with Crippen LogP contribution in [0.3, 0.4) is 0 Å². The molecule has 0 aliphatic carbocycles. The summed E-state index contributed by atoms with van der Waals surface area (Å²) in [4.78, 5) is 28.1. The van der Waals surface area contributed by atoms with Crippen molar-refractivity contribution in [3.63, 3.8) is 0 Å². The van der Waals surface area contributed by atoms with Gasteiger partial charge in [0.2, 0.25) is 11.8 Å². The number of hydrogen-bond acceptors (Lipinski definition) is 4. The number of carbonyl (C=O) groups is 2. The zero-order valence-corrected chi connectivity index (χ0v) is 23.8. The first-order valence-corrected chi connectivity index (χ1v) is 14.3. The average Bonchev–Trinajstić information content (AvgIpc) is 2.90. The molecule has 0 aliphatic rings. The van der Waals surface area contributed by atoms with Crippen LogP contribution in [0.4, 0.5) is 10.1 Å². The van der Waals surface area contributed by atoms with Crippen LogP contribution in [0, 0.1) is 25.6 Å². The SMILES string of the molecule is Cc1ccc(CN(C(=O)CN(c2ccccc2F)S(=O)(=O)c2ccc(C)cc2)[C@H](C)C(=O)NCC(C)C)cc1. The first kappa shape index (κ1) is 29.8. The quantitative estimate of drug-likeness (QED) is 0.369. The van der Waals surface area contributed by atoms with Gasteiger partial charge in [-0.3, -0.25) is 13.9 Å². The van der Waals surface area contributed by atoms with E-state index in [1.165, 1.54) is 35.2 Å². The summed E-state index contributed by atoms with van der Waals surface area (Å²) in [6, 6.07) is 18.1. The Morgan fingerprint density at radius 1 is 0.872 bits per heavy atom. The number of para-hydroxylation sites is 1. The Kier molecular flexibility index (Phi) is 9.86. The van der Waals surface area contributed by atoms with Crippen molar-refractivity contribution in [1.29, 1.82) is 0 Å². The highest BCUT2D eigenvalue weighted by Gasteiger charge is 2.33. The molecule has 3 aromatic rings. The molecule has 0 heterocycles. The number of hydrogen-bond donors (Lipinski definition) is 1. The molecule has 0 fully saturated rings. The molecule has 3 aromatic carbocycles. The number of carbonyl (C=O) groups excluding carboxylic acids is 2. The molecule has 0 saturated carbocycles. The van der Waals surface area contributed by atoms with Crippen LogP contribution in [0.2, 0.25) is 0 Å². The fraction of sp³-hybridized carbons (Fsp3) is 0.333. The van der Waals surface area contributed by atoms with Crippen molar-refractivity contribution in [3.05, 3.63) is 95.3 Å². The van der Waals surface area contributed by atoms with Gasteiger partial charge in [0.1, 0.15) is 18.4 Å². The number of aryl methyl sites for hydroxylation is 2. The zero-order valence-electron chi connectivity index (χ0n) is 23.0. The van der Waals surface area contributed by atoms with Crippen LogP contribution in [0.25, 0.3) is 0 Å². The largest absolute Gasteiger partial charge is 0.354 e. The molecule has 9 heteroatoms. The maximum absolute atomic E-state index is 15.0. The summed E-state index contributed by atoms with van der Waals surface area (Å²) < 4.78 is 43.2. The fourth-order valence-electron chi connectivity index (χ4n) is 3.93. The molecule has 0 saturated heterocycles. The average molecular weight is 554 g/mol. The maximum Gasteiger partial charge on any atom is 0.264 e. The first-order chi connectivity index (χ1) is 18.4. The number of anilines is 1. The van der Waals surface area contributed by atoms with Crippen molar-refractivity contribution in [2.24, 2.45) is 5.92 Å². The number of nitrogens with one attached hydrogen (secondary N) is 1. The summed E-state index contributed by atoms with van der Waals surface area (Å²) in [5, 5.41) is 2.84. The summed E-state index contributed by atoms with van der Waals surface area (Å²) in [5.41, 5.74) is 2.41. The van der Waals surface area contributed by atoms with E-state index >= 15 is 0 Å². The van der Waals surface area contributed by atoms with Crippen molar-refractivity contribution < 1.29 is 22.4 Å². The van der Waals surface area contributed by atoms with E-state index in [4.69, 9.17) is 0 Å². The third-order valence-corrected chi connectivity index (χ3v) is 8.11. The Bertz CT molecular complexity index is 1390. The van der Waals surface area contributed by atoms with Gasteiger partial charge in [-0.15, -0.1) is 0 Å². The van der Waals surface area contributed by atoms with Crippen molar-refractivity contribution in [3.8, 4) is 0 Å². The Morgan fingerprint density at radius 3 is 2.00 bits per heavy atom. The van der Waals surface area contributed by atoms with Crippen LogP contribution in [-0.2, 0) is 26.2 Å². The topological polar surface area (TPSA) is 86.8 Å². The zero-order chi connectivity index (χ0) is 28.7. The van der Waals surface area contributed by atoms with Crippen LogP contribution >= 0.6 is 0 Å². The third kappa shape index (κ3) is 7.66. The number of amides is 2. The van der Waals surface area contributed by atoms with E-state index < -0.39 is 34.3 Å². The maximum atomic E-state index is 15.0. The lowest BCUT2D eigenvalue weighted by Crippen LogP contribution is -2.51. The lowest BCUT2D eigenvalue weighted by molar-refractivity contribution is -0.139. The Labute approximate surface area is 230 Å². The minimum atomic E-state index is -4.32. The molecule has 0 unspecified atom stereocenters. The molecule has 208 valence electrons. The lowest BCUT2D eigenvalue weighted by Gasteiger charge is -2.32. The number of sulfonamides is 1. The summed E-state index contributed by atoms with van der Waals surface area (Å²) in [6.45, 7) is 9.10. The standard InChI is InChI=1S/C30H36FN3O4S/c1-21(2)18-32-30(36)24(5)33(19-25-14-10-22(3)11-15-25)29(35)20-34(28-9-7-6-8-27(28)31)39(37,38)26-16-12-23(4)13-17-26/h6-17,21,24H,18-20H2,1-5H3,(H,32,36)/t24-/m1/s1. The predicted octanol–water partition coefficient (Wildman–Crippen LogP) is 4.83. The van der Waals surface area contributed by atoms with Gasteiger partial charge in [-0.2, -0.15) is 0 Å². The second-order valence-corrected chi connectivity index (χ2v) is 12.0. The molecule has 0 radical (unpaired) electrons. The molecular weight excluding hydrogens is 517 g/mol. The molecule has 3 rings (SSSR count). The van der Waals surface area contributed by atoms with E-state index in [1.54, 1.807) is 19.1 Å². The predicted molar refractivity (Wildman–Crippen MR) is 151 cm³/mol. The van der Waals surface area contributed by atoms with E-state index in [0.29, 0.717) is 6.54 Å². The minimum Gasteiger partial charge on any atom is -0.354 e. The minimum absolute atomic E-state index is 0.0723. The van der Waals surface area contributed by atoms with E-state index in [-0.39, 0.29) is 29.0 Å². The van der Waals surface area contributed by atoms with Gasteiger partial charge in [0, 0.05) is 13.1 Å². The van der Waals surface area contributed by atoms with Gasteiger partial charge in [0.25, 0.3) is 10.0 Å². The van der Waals surface area contributed by atoms with Gasteiger partial charge < -0.3 is 10.2 Å². The molecule has 1 N–H and O–H groups in total. The van der Waals surface area contributed by atoms with E-state index in [1.807, 2.05) is 52.0 Å². The Balaban J connectivity index is 2.02. The normalized spacial score (nSPS) is 12.2. The summed E-state index contributed by atoms with van der Waals surface area (Å²) in [7, 11) is -4.32. The van der Waals surface area contributed by atoms with Crippen molar-refractivity contribution >= 4 is 27.5 Å². The van der Waals surface area contributed by atoms with Crippen molar-refractivity contribution in [2.45, 2.75) is 52.1 Å². The smallest absolute Gasteiger partial charge is 0.264 e. The molecule has 0 spiro atoms. The highest BCUT2D eigenvalue weighted by atomic mass is 32.2. The molecule has 7 nitrogen and oxygen atoms in total. The lowest BCUT2D eigenvalue weighted by atomic mass is 10.1. The second kappa shape index (κ2) is 12.9. The van der Waals surface area contributed by atoms with E-state index in [0.717, 1.165) is 27.1 Å². The van der Waals surface area contributed by atoms with Crippen LogP contribution in [0.15, 0.2) is 77.7 Å². The monoisotopic (exact) mass is 553 g/mol. The van der Waals surface area contributed by atoms with Gasteiger partial charge in [-0.05, 0) is 56.5 Å². The number of rotatable bonds is 11. The highest BCUT2D eigenvalue weighted by molar-refractivity contribution is 7.92. The fourth-order valence-corrected chi connectivity index (χ4v) is 5.35. The molecule has 1 atom stereocenters. The van der Waals surface area contributed by atoms with Crippen LogP contribution in [-0.4, -0.2) is 44.3 Å². The molecule has 2 amide bonds. The molecule has 39 heavy (non-hydrogen) atoms. The van der Waals surface area contributed by atoms with Gasteiger partial charge in [-0.1, -0.05) is 73.5 Å².